The molecule has 0 aromatic carbocycles. The Morgan fingerprint density at radius 2 is 1.43 bits per heavy atom. The average molecular weight is 300 g/mol. The highest BCUT2D eigenvalue weighted by Crippen LogP contribution is 2.32. The molecule has 0 spiro atoms. The number of hydrogen-bond acceptors (Lipinski definition) is 2. The van der Waals surface area contributed by atoms with E-state index in [4.69, 9.17) is 10.2 Å². The van der Waals surface area contributed by atoms with Crippen molar-refractivity contribution in [1.82, 2.24) is 0 Å². The smallest absolute Gasteiger partial charge is 0.303 e. The van der Waals surface area contributed by atoms with E-state index in [0.717, 1.165) is 25.7 Å². The molecule has 0 aromatic heterocycles. The third kappa shape index (κ3) is 11.3. The summed E-state index contributed by atoms with van der Waals surface area (Å²) in [5.41, 5.74) is -0.162. The molecule has 21 heavy (non-hydrogen) atoms. The predicted molar refractivity (Wildman–Crippen MR) is 84.2 cm³/mol. The van der Waals surface area contributed by atoms with Gasteiger partial charge in [-0.2, -0.15) is 0 Å². The molecule has 0 heterocycles. The number of rotatable bonds is 11. The van der Waals surface area contributed by atoms with Crippen LogP contribution in [0.25, 0.3) is 0 Å². The van der Waals surface area contributed by atoms with E-state index in [1.165, 1.54) is 0 Å². The maximum atomic E-state index is 10.8. The quantitative estimate of drug-likeness (QED) is 0.592. The van der Waals surface area contributed by atoms with Crippen LogP contribution >= 0.6 is 0 Å². The van der Waals surface area contributed by atoms with Crippen molar-refractivity contribution in [2.24, 2.45) is 23.2 Å². The predicted octanol–water partition coefficient (Wildman–Crippen LogP) is 4.43. The lowest BCUT2D eigenvalue weighted by Crippen LogP contribution is -2.20. The first kappa shape index (κ1) is 19.9. The van der Waals surface area contributed by atoms with E-state index in [1.807, 2.05) is 20.8 Å². The summed E-state index contributed by atoms with van der Waals surface area (Å²) in [5.74, 6) is -0.223. The Balaban J connectivity index is 4.04. The standard InChI is InChI=1S/C17H32O4/c1-12(8-14(3)9-15(18)19)6-7-13(2)10-17(4,5)11-16(20)21/h12-14H,6-11H2,1-5H3,(H,18,19)(H,20,21). The molecule has 3 atom stereocenters. The van der Waals surface area contributed by atoms with E-state index in [0.29, 0.717) is 11.8 Å². The van der Waals surface area contributed by atoms with Crippen LogP contribution in [0.5, 0.6) is 0 Å². The first-order chi connectivity index (χ1) is 9.51. The van der Waals surface area contributed by atoms with Crippen molar-refractivity contribution < 1.29 is 19.8 Å². The zero-order valence-corrected chi connectivity index (χ0v) is 14.2. The molecule has 0 aliphatic heterocycles. The maximum absolute atomic E-state index is 10.8. The van der Waals surface area contributed by atoms with Gasteiger partial charge in [0.25, 0.3) is 0 Å². The highest BCUT2D eigenvalue weighted by Gasteiger charge is 2.24. The van der Waals surface area contributed by atoms with Gasteiger partial charge in [0, 0.05) is 6.42 Å². The van der Waals surface area contributed by atoms with Gasteiger partial charge in [-0.1, -0.05) is 47.5 Å². The molecule has 0 rings (SSSR count). The topological polar surface area (TPSA) is 74.6 Å². The summed E-state index contributed by atoms with van der Waals surface area (Å²) in [6.45, 7) is 10.4. The first-order valence-corrected chi connectivity index (χ1v) is 7.95. The molecular formula is C17H32O4. The number of carbonyl (C=O) groups is 2. The Kier molecular flexibility index (Phi) is 8.60. The number of carboxylic acid groups (broad SMARTS) is 2. The second-order valence-electron chi connectivity index (χ2n) is 7.67. The third-order valence-corrected chi connectivity index (χ3v) is 4.01. The van der Waals surface area contributed by atoms with Gasteiger partial charge in [-0.3, -0.25) is 9.59 Å². The Hall–Kier alpha value is -1.06. The largest absolute Gasteiger partial charge is 0.481 e. The summed E-state index contributed by atoms with van der Waals surface area (Å²) < 4.78 is 0. The minimum Gasteiger partial charge on any atom is -0.481 e. The molecule has 0 aromatic rings. The van der Waals surface area contributed by atoms with Crippen LogP contribution in [-0.2, 0) is 9.59 Å². The van der Waals surface area contributed by atoms with Crippen LogP contribution in [0.15, 0.2) is 0 Å². The van der Waals surface area contributed by atoms with Gasteiger partial charge in [0.1, 0.15) is 0 Å². The molecular weight excluding hydrogens is 268 g/mol. The molecule has 0 saturated carbocycles. The molecule has 0 radical (unpaired) electrons. The number of hydrogen-bond donors (Lipinski definition) is 2. The van der Waals surface area contributed by atoms with Crippen LogP contribution in [0, 0.1) is 23.2 Å². The summed E-state index contributed by atoms with van der Waals surface area (Å²) in [4.78, 5) is 21.5. The SMILES string of the molecule is CC(CCC(C)CC(C)(C)CC(=O)O)CC(C)CC(=O)O. The lowest BCUT2D eigenvalue weighted by molar-refractivity contribution is -0.140. The van der Waals surface area contributed by atoms with E-state index >= 15 is 0 Å². The van der Waals surface area contributed by atoms with Crippen LogP contribution in [0.2, 0.25) is 0 Å². The van der Waals surface area contributed by atoms with E-state index in [-0.39, 0.29) is 24.2 Å². The summed E-state index contributed by atoms with van der Waals surface area (Å²) in [7, 11) is 0. The monoisotopic (exact) mass is 300 g/mol. The molecule has 0 aliphatic rings. The van der Waals surface area contributed by atoms with Gasteiger partial charge in [0.2, 0.25) is 0 Å². The van der Waals surface area contributed by atoms with E-state index in [9.17, 15) is 9.59 Å². The molecule has 2 N–H and O–H groups in total. The lowest BCUT2D eigenvalue weighted by Gasteiger charge is -2.27. The molecule has 4 nitrogen and oxygen atoms in total. The van der Waals surface area contributed by atoms with E-state index < -0.39 is 11.9 Å². The van der Waals surface area contributed by atoms with Gasteiger partial charge in [0.05, 0.1) is 6.42 Å². The Bertz CT molecular complexity index is 336. The van der Waals surface area contributed by atoms with Gasteiger partial charge in [-0.05, 0) is 36.0 Å². The number of carboxylic acids is 2. The highest BCUT2D eigenvalue weighted by atomic mass is 16.4. The Morgan fingerprint density at radius 3 is 1.90 bits per heavy atom. The first-order valence-electron chi connectivity index (χ1n) is 7.95. The summed E-state index contributed by atoms with van der Waals surface area (Å²) in [6.07, 6.45) is 4.46. The average Bonchev–Trinajstić information content (AvgIpc) is 2.22. The van der Waals surface area contributed by atoms with Gasteiger partial charge in [0.15, 0.2) is 0 Å². The van der Waals surface area contributed by atoms with Crippen LogP contribution in [0.1, 0.15) is 73.1 Å². The highest BCUT2D eigenvalue weighted by molar-refractivity contribution is 5.67. The molecule has 0 fully saturated rings. The van der Waals surface area contributed by atoms with Crippen molar-refractivity contribution in [2.45, 2.75) is 73.1 Å². The van der Waals surface area contributed by atoms with Crippen molar-refractivity contribution in [2.75, 3.05) is 0 Å². The zero-order chi connectivity index (χ0) is 16.6. The fourth-order valence-electron chi connectivity index (χ4n) is 3.28. The van der Waals surface area contributed by atoms with Gasteiger partial charge in [-0.25, -0.2) is 0 Å². The van der Waals surface area contributed by atoms with E-state index in [2.05, 4.69) is 13.8 Å². The lowest BCUT2D eigenvalue weighted by atomic mass is 9.78. The van der Waals surface area contributed by atoms with Crippen molar-refractivity contribution in [1.29, 1.82) is 0 Å². The molecule has 0 bridgehead atoms. The van der Waals surface area contributed by atoms with Crippen LogP contribution in [0.3, 0.4) is 0 Å². The molecule has 3 unspecified atom stereocenters. The van der Waals surface area contributed by atoms with Crippen LogP contribution in [0.4, 0.5) is 0 Å². The zero-order valence-electron chi connectivity index (χ0n) is 14.2. The van der Waals surface area contributed by atoms with Crippen molar-refractivity contribution in [3.63, 3.8) is 0 Å². The van der Waals surface area contributed by atoms with Crippen molar-refractivity contribution in [3.05, 3.63) is 0 Å². The van der Waals surface area contributed by atoms with E-state index in [1.54, 1.807) is 0 Å². The second-order valence-corrected chi connectivity index (χ2v) is 7.67. The van der Waals surface area contributed by atoms with Crippen molar-refractivity contribution in [3.8, 4) is 0 Å². The van der Waals surface area contributed by atoms with Gasteiger partial charge < -0.3 is 10.2 Å². The minimum absolute atomic E-state index is 0.162. The molecule has 124 valence electrons. The normalized spacial score (nSPS) is 16.2. The van der Waals surface area contributed by atoms with Crippen LogP contribution in [-0.4, -0.2) is 22.2 Å². The van der Waals surface area contributed by atoms with Crippen molar-refractivity contribution >= 4 is 11.9 Å². The summed E-state index contributed by atoms with van der Waals surface area (Å²) in [5, 5.41) is 17.7. The fourth-order valence-corrected chi connectivity index (χ4v) is 3.28. The number of aliphatic carboxylic acids is 2. The minimum atomic E-state index is -0.733. The molecule has 0 amide bonds. The molecule has 0 aliphatic carbocycles. The van der Waals surface area contributed by atoms with Crippen LogP contribution < -0.4 is 0 Å². The van der Waals surface area contributed by atoms with Gasteiger partial charge in [-0.15, -0.1) is 0 Å². The second kappa shape index (κ2) is 9.06. The Labute approximate surface area is 128 Å². The fraction of sp³-hybridized carbons (Fsp3) is 0.882. The maximum Gasteiger partial charge on any atom is 0.303 e. The summed E-state index contributed by atoms with van der Waals surface area (Å²) in [6, 6.07) is 0. The third-order valence-electron chi connectivity index (χ3n) is 4.01. The molecule has 0 saturated heterocycles. The Morgan fingerprint density at radius 1 is 0.905 bits per heavy atom. The molecule has 4 heteroatoms. The summed E-state index contributed by atoms with van der Waals surface area (Å²) >= 11 is 0. The van der Waals surface area contributed by atoms with Gasteiger partial charge >= 0.3 is 11.9 Å².